The molecule has 1 aliphatic heterocycles. The first-order chi connectivity index (χ1) is 10.0. The SMILES string of the molecule is CC1C(=O)NC2(CCCC2)C(=O)N1CCc1cnn(C)c1. The molecule has 1 unspecified atom stereocenters. The molecule has 2 aliphatic rings. The van der Waals surface area contributed by atoms with E-state index in [4.69, 9.17) is 0 Å². The molecule has 2 amide bonds. The van der Waals surface area contributed by atoms with Crippen LogP contribution in [0, 0.1) is 0 Å². The minimum atomic E-state index is -0.626. The molecule has 1 spiro atoms. The maximum Gasteiger partial charge on any atom is 0.249 e. The van der Waals surface area contributed by atoms with Crippen LogP contribution < -0.4 is 5.32 Å². The van der Waals surface area contributed by atoms with Gasteiger partial charge in [-0.3, -0.25) is 14.3 Å². The van der Waals surface area contributed by atoms with Crippen molar-refractivity contribution in [1.82, 2.24) is 20.0 Å². The minimum absolute atomic E-state index is 0.0253. The summed E-state index contributed by atoms with van der Waals surface area (Å²) in [6.45, 7) is 2.37. The van der Waals surface area contributed by atoms with Crippen molar-refractivity contribution >= 4 is 11.8 Å². The smallest absolute Gasteiger partial charge is 0.249 e. The minimum Gasteiger partial charge on any atom is -0.340 e. The van der Waals surface area contributed by atoms with Crippen LogP contribution in [-0.2, 0) is 23.1 Å². The van der Waals surface area contributed by atoms with Crippen molar-refractivity contribution in [1.29, 1.82) is 0 Å². The number of aryl methyl sites for hydroxylation is 1. The molecule has 0 bridgehead atoms. The summed E-state index contributed by atoms with van der Waals surface area (Å²) in [4.78, 5) is 26.8. The second-order valence-electron chi connectivity index (χ2n) is 6.23. The lowest BCUT2D eigenvalue weighted by Crippen LogP contribution is -2.68. The van der Waals surface area contributed by atoms with Gasteiger partial charge in [-0.2, -0.15) is 5.10 Å². The number of carbonyl (C=O) groups excluding carboxylic acids is 2. The van der Waals surface area contributed by atoms with Gasteiger partial charge in [0.15, 0.2) is 0 Å². The number of hydrogen-bond donors (Lipinski definition) is 1. The van der Waals surface area contributed by atoms with E-state index in [-0.39, 0.29) is 17.9 Å². The lowest BCUT2D eigenvalue weighted by atomic mass is 9.91. The summed E-state index contributed by atoms with van der Waals surface area (Å²) >= 11 is 0. The maximum atomic E-state index is 12.8. The number of hydrogen-bond acceptors (Lipinski definition) is 3. The molecule has 2 fully saturated rings. The van der Waals surface area contributed by atoms with Gasteiger partial charge in [-0.25, -0.2) is 0 Å². The van der Waals surface area contributed by atoms with Crippen LogP contribution in [0.4, 0.5) is 0 Å². The van der Waals surface area contributed by atoms with E-state index < -0.39 is 5.54 Å². The molecule has 1 aromatic rings. The molecule has 0 aromatic carbocycles. The number of nitrogens with zero attached hydrogens (tertiary/aromatic N) is 3. The lowest BCUT2D eigenvalue weighted by Gasteiger charge is -2.43. The number of nitrogens with one attached hydrogen (secondary N) is 1. The molecule has 1 saturated carbocycles. The largest absolute Gasteiger partial charge is 0.340 e. The zero-order valence-corrected chi connectivity index (χ0v) is 12.6. The van der Waals surface area contributed by atoms with Gasteiger partial charge in [0, 0.05) is 19.8 Å². The molecule has 1 aromatic heterocycles. The van der Waals surface area contributed by atoms with E-state index in [0.717, 1.165) is 37.7 Å². The van der Waals surface area contributed by atoms with Gasteiger partial charge in [0.25, 0.3) is 0 Å². The van der Waals surface area contributed by atoms with Gasteiger partial charge < -0.3 is 10.2 Å². The summed E-state index contributed by atoms with van der Waals surface area (Å²) in [6, 6.07) is -0.389. The van der Waals surface area contributed by atoms with Crippen LogP contribution in [0.1, 0.15) is 38.2 Å². The van der Waals surface area contributed by atoms with Gasteiger partial charge in [0.2, 0.25) is 11.8 Å². The third kappa shape index (κ3) is 2.43. The third-order valence-corrected chi connectivity index (χ3v) is 4.74. The van der Waals surface area contributed by atoms with E-state index in [9.17, 15) is 9.59 Å². The highest BCUT2D eigenvalue weighted by molar-refractivity contribution is 5.99. The fraction of sp³-hybridized carbons (Fsp3) is 0.667. The molecule has 2 heterocycles. The van der Waals surface area contributed by atoms with E-state index >= 15 is 0 Å². The molecule has 21 heavy (non-hydrogen) atoms. The molecular weight excluding hydrogens is 268 g/mol. The zero-order valence-electron chi connectivity index (χ0n) is 12.6. The van der Waals surface area contributed by atoms with Gasteiger partial charge in [-0.15, -0.1) is 0 Å². The van der Waals surface area contributed by atoms with Crippen molar-refractivity contribution in [2.75, 3.05) is 6.54 Å². The lowest BCUT2D eigenvalue weighted by molar-refractivity contribution is -0.154. The highest BCUT2D eigenvalue weighted by Gasteiger charge is 2.50. The van der Waals surface area contributed by atoms with E-state index in [1.54, 1.807) is 16.5 Å². The first-order valence-electron chi connectivity index (χ1n) is 7.62. The second kappa shape index (κ2) is 5.16. The fourth-order valence-electron chi connectivity index (χ4n) is 3.45. The Morgan fingerprint density at radius 1 is 1.38 bits per heavy atom. The van der Waals surface area contributed by atoms with Gasteiger partial charge in [-0.05, 0) is 31.7 Å². The number of aromatic nitrogens is 2. The molecule has 1 saturated heterocycles. The van der Waals surface area contributed by atoms with Crippen LogP contribution in [0.25, 0.3) is 0 Å². The Morgan fingerprint density at radius 3 is 2.71 bits per heavy atom. The Balaban J connectivity index is 1.75. The molecule has 6 heteroatoms. The van der Waals surface area contributed by atoms with Crippen LogP contribution in [0.2, 0.25) is 0 Å². The molecule has 114 valence electrons. The number of rotatable bonds is 3. The quantitative estimate of drug-likeness (QED) is 0.887. The van der Waals surface area contributed by atoms with Gasteiger partial charge in [0.1, 0.15) is 11.6 Å². The monoisotopic (exact) mass is 290 g/mol. The molecule has 1 aliphatic carbocycles. The summed E-state index contributed by atoms with van der Waals surface area (Å²) < 4.78 is 1.75. The first kappa shape index (κ1) is 14.1. The number of amides is 2. The molecule has 1 atom stereocenters. The molecule has 3 rings (SSSR count). The Kier molecular flexibility index (Phi) is 3.47. The average Bonchev–Trinajstić information content (AvgIpc) is 3.07. The predicted molar refractivity (Wildman–Crippen MR) is 77.4 cm³/mol. The van der Waals surface area contributed by atoms with Gasteiger partial charge in [0.05, 0.1) is 6.20 Å². The number of carbonyl (C=O) groups is 2. The van der Waals surface area contributed by atoms with Crippen LogP contribution in [-0.4, -0.2) is 44.6 Å². The normalized spacial score (nSPS) is 24.7. The predicted octanol–water partition coefficient (Wildman–Crippen LogP) is 0.622. The fourth-order valence-corrected chi connectivity index (χ4v) is 3.45. The van der Waals surface area contributed by atoms with Crippen molar-refractivity contribution in [2.45, 2.75) is 50.6 Å². The highest BCUT2D eigenvalue weighted by atomic mass is 16.2. The first-order valence-corrected chi connectivity index (χ1v) is 7.62. The van der Waals surface area contributed by atoms with Crippen LogP contribution in [0.15, 0.2) is 12.4 Å². The van der Waals surface area contributed by atoms with Crippen molar-refractivity contribution < 1.29 is 9.59 Å². The maximum absolute atomic E-state index is 12.8. The van der Waals surface area contributed by atoms with E-state index in [1.807, 2.05) is 19.4 Å². The van der Waals surface area contributed by atoms with Crippen molar-refractivity contribution in [3.8, 4) is 0 Å². The van der Waals surface area contributed by atoms with E-state index in [0.29, 0.717) is 6.54 Å². The second-order valence-corrected chi connectivity index (χ2v) is 6.23. The van der Waals surface area contributed by atoms with Crippen LogP contribution >= 0.6 is 0 Å². The summed E-state index contributed by atoms with van der Waals surface area (Å²) in [5, 5.41) is 7.12. The molecule has 0 radical (unpaired) electrons. The molecule has 1 N–H and O–H groups in total. The Hall–Kier alpha value is -1.85. The van der Waals surface area contributed by atoms with Crippen LogP contribution in [0.5, 0.6) is 0 Å². The Labute approximate surface area is 124 Å². The molecular formula is C15H22N4O2. The third-order valence-electron chi connectivity index (χ3n) is 4.74. The highest BCUT2D eigenvalue weighted by Crippen LogP contribution is 2.34. The van der Waals surface area contributed by atoms with Crippen molar-refractivity contribution in [3.05, 3.63) is 18.0 Å². The zero-order chi connectivity index (χ0) is 15.0. The van der Waals surface area contributed by atoms with E-state index in [2.05, 4.69) is 10.4 Å². The number of piperazine rings is 1. The topological polar surface area (TPSA) is 67.2 Å². The average molecular weight is 290 g/mol. The van der Waals surface area contributed by atoms with Crippen molar-refractivity contribution in [2.24, 2.45) is 7.05 Å². The Bertz CT molecular complexity index is 560. The van der Waals surface area contributed by atoms with Crippen LogP contribution in [0.3, 0.4) is 0 Å². The Morgan fingerprint density at radius 2 is 2.10 bits per heavy atom. The standard InChI is InChI=1S/C15H22N4O2/c1-11-13(20)17-15(6-3-4-7-15)14(21)19(11)8-5-12-9-16-18(2)10-12/h9-11H,3-8H2,1-2H3,(H,17,20). The van der Waals surface area contributed by atoms with E-state index in [1.165, 1.54) is 0 Å². The van der Waals surface area contributed by atoms with Gasteiger partial charge >= 0.3 is 0 Å². The summed E-state index contributed by atoms with van der Waals surface area (Å²) in [5.41, 5.74) is 0.461. The van der Waals surface area contributed by atoms with Crippen molar-refractivity contribution in [3.63, 3.8) is 0 Å². The van der Waals surface area contributed by atoms with Gasteiger partial charge in [-0.1, -0.05) is 12.8 Å². The molecule has 6 nitrogen and oxygen atoms in total. The summed E-state index contributed by atoms with van der Waals surface area (Å²) in [7, 11) is 1.87. The summed E-state index contributed by atoms with van der Waals surface area (Å²) in [5.74, 6) is 0.0682. The summed E-state index contributed by atoms with van der Waals surface area (Å²) in [6.07, 6.45) is 8.05.